The highest BCUT2D eigenvalue weighted by molar-refractivity contribution is 6.30. The van der Waals surface area contributed by atoms with E-state index < -0.39 is 0 Å². The fraction of sp³-hybridized carbons (Fsp3) is 0.409. The first-order valence-electron chi connectivity index (χ1n) is 10.1. The van der Waals surface area contributed by atoms with Gasteiger partial charge in [-0.2, -0.15) is 0 Å². The van der Waals surface area contributed by atoms with Gasteiger partial charge in [-0.1, -0.05) is 35.9 Å². The van der Waals surface area contributed by atoms with Crippen molar-refractivity contribution in [2.24, 2.45) is 5.92 Å². The molecule has 0 aliphatic carbocycles. The van der Waals surface area contributed by atoms with Crippen LogP contribution in [0.1, 0.15) is 23.6 Å². The third-order valence-corrected chi connectivity index (χ3v) is 6.00. The van der Waals surface area contributed by atoms with Crippen LogP contribution in [0.15, 0.2) is 48.5 Å². The van der Waals surface area contributed by atoms with Crippen LogP contribution < -0.4 is 10.9 Å². The number of carbonyl (C=O) groups is 1. The van der Waals surface area contributed by atoms with Crippen molar-refractivity contribution >= 4 is 17.5 Å². The lowest BCUT2D eigenvalue weighted by Crippen LogP contribution is -2.41. The van der Waals surface area contributed by atoms with Crippen molar-refractivity contribution in [1.82, 2.24) is 20.7 Å². The Morgan fingerprint density at radius 2 is 1.79 bits per heavy atom. The molecule has 0 bridgehead atoms. The average Bonchev–Trinajstić information content (AvgIpc) is 3.10. The topological polar surface area (TPSA) is 47.6 Å². The van der Waals surface area contributed by atoms with Gasteiger partial charge >= 0.3 is 0 Å². The van der Waals surface area contributed by atoms with E-state index in [2.05, 4.69) is 15.8 Å². The number of nitrogens with one attached hydrogen (secondary N) is 2. The lowest BCUT2D eigenvalue weighted by atomic mass is 9.93. The van der Waals surface area contributed by atoms with Crippen molar-refractivity contribution in [3.05, 3.63) is 70.5 Å². The molecule has 0 radical (unpaired) electrons. The first kappa shape index (κ1) is 20.3. The SMILES string of the molecule is O=C(C1CNNC1c1ccc(Cl)cc1)N1CCCN(Cc2ccc(F)cc2)CC1. The summed E-state index contributed by atoms with van der Waals surface area (Å²) in [6.07, 6.45) is 0.937. The lowest BCUT2D eigenvalue weighted by molar-refractivity contribution is -0.135. The van der Waals surface area contributed by atoms with E-state index in [4.69, 9.17) is 11.6 Å². The monoisotopic (exact) mass is 416 g/mol. The predicted molar refractivity (Wildman–Crippen MR) is 112 cm³/mol. The van der Waals surface area contributed by atoms with Gasteiger partial charge in [-0.05, 0) is 41.8 Å². The summed E-state index contributed by atoms with van der Waals surface area (Å²) < 4.78 is 13.1. The summed E-state index contributed by atoms with van der Waals surface area (Å²) in [5.41, 5.74) is 8.54. The fourth-order valence-corrected chi connectivity index (χ4v) is 4.27. The molecule has 2 fully saturated rings. The van der Waals surface area contributed by atoms with E-state index in [0.717, 1.165) is 43.7 Å². The lowest BCUT2D eigenvalue weighted by Gasteiger charge is -2.27. The van der Waals surface area contributed by atoms with Crippen molar-refractivity contribution in [1.29, 1.82) is 0 Å². The number of rotatable bonds is 4. The highest BCUT2D eigenvalue weighted by atomic mass is 35.5. The van der Waals surface area contributed by atoms with Crippen LogP contribution in [-0.4, -0.2) is 48.4 Å². The Morgan fingerprint density at radius 3 is 2.55 bits per heavy atom. The number of hydrogen-bond acceptors (Lipinski definition) is 4. The van der Waals surface area contributed by atoms with E-state index in [1.54, 1.807) is 0 Å². The Kier molecular flexibility index (Phi) is 6.45. The number of benzene rings is 2. The quantitative estimate of drug-likeness (QED) is 0.804. The molecule has 2 heterocycles. The molecule has 2 aromatic carbocycles. The van der Waals surface area contributed by atoms with Gasteiger partial charge in [0.05, 0.1) is 12.0 Å². The van der Waals surface area contributed by atoms with E-state index in [1.807, 2.05) is 41.3 Å². The second-order valence-electron chi connectivity index (χ2n) is 7.74. The van der Waals surface area contributed by atoms with E-state index >= 15 is 0 Å². The minimum atomic E-state index is -0.213. The third-order valence-electron chi connectivity index (χ3n) is 5.75. The molecule has 2 aliphatic rings. The summed E-state index contributed by atoms with van der Waals surface area (Å²) in [4.78, 5) is 17.6. The summed E-state index contributed by atoms with van der Waals surface area (Å²) in [5, 5.41) is 0.691. The van der Waals surface area contributed by atoms with Crippen molar-refractivity contribution in [3.8, 4) is 0 Å². The Morgan fingerprint density at radius 1 is 1.03 bits per heavy atom. The fourth-order valence-electron chi connectivity index (χ4n) is 4.14. The summed E-state index contributed by atoms with van der Waals surface area (Å²) in [6.45, 7) is 4.63. The molecule has 1 amide bonds. The van der Waals surface area contributed by atoms with E-state index in [1.165, 1.54) is 12.1 Å². The van der Waals surface area contributed by atoms with Crippen LogP contribution in [0.5, 0.6) is 0 Å². The Bertz CT molecular complexity index is 830. The Labute approximate surface area is 175 Å². The molecule has 0 saturated carbocycles. The molecule has 7 heteroatoms. The first-order valence-corrected chi connectivity index (χ1v) is 10.5. The summed E-state index contributed by atoms with van der Waals surface area (Å²) in [6, 6.07) is 14.3. The van der Waals surface area contributed by atoms with Crippen molar-refractivity contribution in [3.63, 3.8) is 0 Å². The molecule has 2 N–H and O–H groups in total. The first-order chi connectivity index (χ1) is 14.1. The second-order valence-corrected chi connectivity index (χ2v) is 8.18. The molecular formula is C22H26ClFN4O. The molecule has 2 unspecified atom stereocenters. The van der Waals surface area contributed by atoms with Crippen LogP contribution >= 0.6 is 11.6 Å². The van der Waals surface area contributed by atoms with E-state index in [9.17, 15) is 9.18 Å². The summed E-state index contributed by atoms with van der Waals surface area (Å²) in [5.74, 6) is -0.165. The normalized spacial score (nSPS) is 23.2. The van der Waals surface area contributed by atoms with Gasteiger partial charge in [0.15, 0.2) is 0 Å². The van der Waals surface area contributed by atoms with Gasteiger partial charge in [-0.3, -0.25) is 15.1 Å². The number of halogens is 2. The molecule has 0 spiro atoms. The molecule has 5 nitrogen and oxygen atoms in total. The minimum Gasteiger partial charge on any atom is -0.341 e. The summed E-state index contributed by atoms with van der Waals surface area (Å²) in [7, 11) is 0. The maximum atomic E-state index is 13.3. The minimum absolute atomic E-state index is 0.0571. The number of hydrogen-bond donors (Lipinski definition) is 2. The number of amides is 1. The molecule has 2 saturated heterocycles. The molecule has 154 valence electrons. The Hall–Kier alpha value is -1.99. The average molecular weight is 417 g/mol. The van der Waals surface area contributed by atoms with Gasteiger partial charge in [0.2, 0.25) is 5.91 Å². The van der Waals surface area contributed by atoms with Crippen LogP contribution in [0.3, 0.4) is 0 Å². The molecule has 29 heavy (non-hydrogen) atoms. The van der Waals surface area contributed by atoms with Gasteiger partial charge in [0.1, 0.15) is 5.82 Å². The molecule has 2 aliphatic heterocycles. The van der Waals surface area contributed by atoms with Crippen molar-refractivity contribution in [2.75, 3.05) is 32.7 Å². The van der Waals surface area contributed by atoms with E-state index in [-0.39, 0.29) is 23.7 Å². The zero-order valence-electron chi connectivity index (χ0n) is 16.3. The smallest absolute Gasteiger partial charge is 0.229 e. The standard InChI is InChI=1S/C22H26ClFN4O/c23-18-6-4-17(5-7-18)21-20(14-25-26-21)22(29)28-11-1-10-27(12-13-28)15-16-2-8-19(24)9-3-16/h2-9,20-21,25-26H,1,10-15H2. The van der Waals surface area contributed by atoms with Gasteiger partial charge in [0, 0.05) is 44.3 Å². The zero-order chi connectivity index (χ0) is 20.2. The number of carbonyl (C=O) groups excluding carboxylic acids is 1. The van der Waals surface area contributed by atoms with Gasteiger partial charge < -0.3 is 4.90 Å². The summed E-state index contributed by atoms with van der Waals surface area (Å²) >= 11 is 6.00. The molecule has 2 atom stereocenters. The van der Waals surface area contributed by atoms with Crippen molar-refractivity contribution in [2.45, 2.75) is 19.0 Å². The highest BCUT2D eigenvalue weighted by Crippen LogP contribution is 2.28. The Balaban J connectivity index is 1.37. The molecular weight excluding hydrogens is 391 g/mol. The third kappa shape index (κ3) is 4.95. The van der Waals surface area contributed by atoms with Crippen LogP contribution in [0, 0.1) is 11.7 Å². The largest absolute Gasteiger partial charge is 0.341 e. The van der Waals surface area contributed by atoms with Crippen LogP contribution in [-0.2, 0) is 11.3 Å². The highest BCUT2D eigenvalue weighted by Gasteiger charge is 2.36. The number of hydrazine groups is 1. The van der Waals surface area contributed by atoms with Crippen LogP contribution in [0.25, 0.3) is 0 Å². The maximum Gasteiger partial charge on any atom is 0.229 e. The van der Waals surface area contributed by atoms with Gasteiger partial charge in [-0.15, -0.1) is 0 Å². The second kappa shape index (κ2) is 9.22. The predicted octanol–water partition coefficient (Wildman–Crippen LogP) is 2.98. The van der Waals surface area contributed by atoms with Crippen LogP contribution in [0.2, 0.25) is 5.02 Å². The van der Waals surface area contributed by atoms with E-state index in [0.29, 0.717) is 18.1 Å². The van der Waals surface area contributed by atoms with Gasteiger partial charge in [-0.25, -0.2) is 9.82 Å². The molecule has 2 aromatic rings. The number of nitrogens with zero attached hydrogens (tertiary/aromatic N) is 2. The zero-order valence-corrected chi connectivity index (χ0v) is 17.0. The molecule has 4 rings (SSSR count). The van der Waals surface area contributed by atoms with Gasteiger partial charge in [0.25, 0.3) is 0 Å². The van der Waals surface area contributed by atoms with Crippen molar-refractivity contribution < 1.29 is 9.18 Å². The van der Waals surface area contributed by atoms with Crippen LogP contribution in [0.4, 0.5) is 4.39 Å². The molecule has 0 aromatic heterocycles. The maximum absolute atomic E-state index is 13.3.